The second-order valence-corrected chi connectivity index (χ2v) is 5.08. The van der Waals surface area contributed by atoms with Crippen LogP contribution in [0.2, 0.25) is 0 Å². The smallest absolute Gasteiger partial charge is 0.0971 e. The van der Waals surface area contributed by atoms with Gasteiger partial charge < -0.3 is 5.32 Å². The molecular formula is C14H19N5. The van der Waals surface area contributed by atoms with Gasteiger partial charge in [0.2, 0.25) is 0 Å². The molecule has 0 spiro atoms. The highest BCUT2D eigenvalue weighted by Crippen LogP contribution is 2.08. The lowest BCUT2D eigenvalue weighted by Crippen LogP contribution is -2.48. The zero-order chi connectivity index (χ0) is 13.1. The lowest BCUT2D eigenvalue weighted by molar-refractivity contribution is 0.197. The van der Waals surface area contributed by atoms with Gasteiger partial charge in [-0.2, -0.15) is 0 Å². The molecule has 1 saturated heterocycles. The Balaban J connectivity index is 1.68. The molecule has 2 heterocycles. The van der Waals surface area contributed by atoms with Crippen LogP contribution in [0.4, 0.5) is 0 Å². The Labute approximate surface area is 113 Å². The number of nitrogens with zero attached hydrogens (tertiary/aromatic N) is 4. The van der Waals surface area contributed by atoms with Crippen molar-refractivity contribution >= 4 is 0 Å². The molecule has 1 aliphatic rings. The van der Waals surface area contributed by atoms with E-state index < -0.39 is 0 Å². The van der Waals surface area contributed by atoms with E-state index in [1.165, 1.54) is 0 Å². The van der Waals surface area contributed by atoms with E-state index >= 15 is 0 Å². The minimum Gasteiger partial charge on any atom is -0.312 e. The maximum Gasteiger partial charge on any atom is 0.0971 e. The molecule has 0 amide bonds. The Morgan fingerprint density at radius 2 is 2.16 bits per heavy atom. The van der Waals surface area contributed by atoms with Crippen LogP contribution < -0.4 is 5.32 Å². The third-order valence-electron chi connectivity index (χ3n) is 3.40. The summed E-state index contributed by atoms with van der Waals surface area (Å²) >= 11 is 0. The molecule has 1 atom stereocenters. The molecule has 1 aliphatic heterocycles. The van der Waals surface area contributed by atoms with E-state index in [1.807, 2.05) is 41.2 Å². The zero-order valence-corrected chi connectivity index (χ0v) is 11.2. The van der Waals surface area contributed by atoms with Gasteiger partial charge in [-0.15, -0.1) is 5.10 Å². The first-order chi connectivity index (χ1) is 9.31. The van der Waals surface area contributed by atoms with Gasteiger partial charge in [0.05, 0.1) is 17.6 Å². The van der Waals surface area contributed by atoms with Gasteiger partial charge in [0, 0.05) is 32.2 Å². The molecule has 100 valence electrons. The number of hydrogen-bond acceptors (Lipinski definition) is 4. The van der Waals surface area contributed by atoms with Crippen molar-refractivity contribution in [2.24, 2.45) is 0 Å². The molecule has 0 saturated carbocycles. The van der Waals surface area contributed by atoms with Crippen molar-refractivity contribution < 1.29 is 0 Å². The third-order valence-corrected chi connectivity index (χ3v) is 3.40. The Bertz CT molecular complexity index is 522. The lowest BCUT2D eigenvalue weighted by Gasteiger charge is -2.30. The van der Waals surface area contributed by atoms with Crippen LogP contribution in [0.5, 0.6) is 0 Å². The van der Waals surface area contributed by atoms with E-state index in [4.69, 9.17) is 0 Å². The number of benzene rings is 1. The topological polar surface area (TPSA) is 46.0 Å². The average Bonchev–Trinajstić information content (AvgIpc) is 2.88. The van der Waals surface area contributed by atoms with E-state index in [0.29, 0.717) is 6.04 Å². The molecule has 0 radical (unpaired) electrons. The Hall–Kier alpha value is -1.72. The number of para-hydroxylation sites is 1. The first kappa shape index (κ1) is 12.3. The summed E-state index contributed by atoms with van der Waals surface area (Å²) in [5.41, 5.74) is 2.08. The Morgan fingerprint density at radius 3 is 2.95 bits per heavy atom. The average molecular weight is 257 g/mol. The summed E-state index contributed by atoms with van der Waals surface area (Å²) in [7, 11) is 0. The minimum absolute atomic E-state index is 0.554. The van der Waals surface area contributed by atoms with Crippen LogP contribution in [0.15, 0.2) is 36.5 Å². The first-order valence-electron chi connectivity index (χ1n) is 6.73. The van der Waals surface area contributed by atoms with Crippen LogP contribution in [0, 0.1) is 0 Å². The van der Waals surface area contributed by atoms with Gasteiger partial charge in [0.25, 0.3) is 0 Å². The van der Waals surface area contributed by atoms with Crippen molar-refractivity contribution in [3.05, 3.63) is 42.2 Å². The maximum absolute atomic E-state index is 4.26. The highest BCUT2D eigenvalue weighted by molar-refractivity contribution is 5.29. The highest BCUT2D eigenvalue weighted by Gasteiger charge is 2.16. The first-order valence-corrected chi connectivity index (χ1v) is 6.73. The fourth-order valence-corrected chi connectivity index (χ4v) is 2.46. The van der Waals surface area contributed by atoms with Crippen molar-refractivity contribution in [3.63, 3.8) is 0 Å². The summed E-state index contributed by atoms with van der Waals surface area (Å²) in [5, 5.41) is 11.9. The normalized spacial score (nSPS) is 20.6. The SMILES string of the molecule is CC1CN(Cc2cn(-c3ccccc3)nn2)CCN1. The quantitative estimate of drug-likeness (QED) is 0.893. The maximum atomic E-state index is 4.26. The van der Waals surface area contributed by atoms with E-state index in [9.17, 15) is 0 Å². The van der Waals surface area contributed by atoms with Crippen LogP contribution in [-0.4, -0.2) is 45.6 Å². The monoisotopic (exact) mass is 257 g/mol. The predicted octanol–water partition coefficient (Wildman–Crippen LogP) is 1.06. The van der Waals surface area contributed by atoms with E-state index in [0.717, 1.165) is 37.6 Å². The van der Waals surface area contributed by atoms with Gasteiger partial charge in [0.1, 0.15) is 0 Å². The van der Waals surface area contributed by atoms with Crippen molar-refractivity contribution in [1.29, 1.82) is 0 Å². The van der Waals surface area contributed by atoms with Gasteiger partial charge in [0.15, 0.2) is 0 Å². The van der Waals surface area contributed by atoms with Gasteiger partial charge in [-0.3, -0.25) is 4.90 Å². The van der Waals surface area contributed by atoms with Crippen LogP contribution in [-0.2, 0) is 6.54 Å². The van der Waals surface area contributed by atoms with Crippen LogP contribution in [0.1, 0.15) is 12.6 Å². The fourth-order valence-electron chi connectivity index (χ4n) is 2.46. The molecule has 19 heavy (non-hydrogen) atoms. The Morgan fingerprint density at radius 1 is 1.32 bits per heavy atom. The number of nitrogens with one attached hydrogen (secondary N) is 1. The molecular weight excluding hydrogens is 238 g/mol. The molecule has 2 aromatic rings. The molecule has 1 unspecified atom stereocenters. The zero-order valence-electron chi connectivity index (χ0n) is 11.2. The summed E-state index contributed by atoms with van der Waals surface area (Å²) in [6.45, 7) is 6.28. The van der Waals surface area contributed by atoms with Crippen molar-refractivity contribution in [1.82, 2.24) is 25.2 Å². The van der Waals surface area contributed by atoms with Crippen molar-refractivity contribution in [3.8, 4) is 5.69 Å². The largest absolute Gasteiger partial charge is 0.312 e. The van der Waals surface area contributed by atoms with E-state index in [1.54, 1.807) is 0 Å². The standard InChI is InChI=1S/C14H19N5/c1-12-9-18(8-7-15-12)10-13-11-19(17-16-13)14-5-3-2-4-6-14/h2-6,11-12,15H,7-10H2,1H3. The molecule has 1 fully saturated rings. The second-order valence-electron chi connectivity index (χ2n) is 5.08. The summed E-state index contributed by atoms with van der Waals surface area (Å²) in [6.07, 6.45) is 2.02. The third kappa shape index (κ3) is 3.00. The van der Waals surface area contributed by atoms with Crippen molar-refractivity contribution in [2.45, 2.75) is 19.5 Å². The predicted molar refractivity (Wildman–Crippen MR) is 74.1 cm³/mol. The number of rotatable bonds is 3. The van der Waals surface area contributed by atoms with Crippen LogP contribution in [0.3, 0.4) is 0 Å². The lowest BCUT2D eigenvalue weighted by atomic mass is 10.2. The summed E-state index contributed by atoms with van der Waals surface area (Å²) < 4.78 is 1.83. The summed E-state index contributed by atoms with van der Waals surface area (Å²) in [4.78, 5) is 2.42. The number of aromatic nitrogens is 3. The Kier molecular flexibility index (Phi) is 3.57. The second kappa shape index (κ2) is 5.50. The van der Waals surface area contributed by atoms with Crippen LogP contribution >= 0.6 is 0 Å². The summed E-state index contributed by atoms with van der Waals surface area (Å²) in [5.74, 6) is 0. The van der Waals surface area contributed by atoms with Gasteiger partial charge >= 0.3 is 0 Å². The van der Waals surface area contributed by atoms with Gasteiger partial charge in [-0.05, 0) is 19.1 Å². The van der Waals surface area contributed by atoms with Gasteiger partial charge in [-0.1, -0.05) is 23.4 Å². The number of piperazine rings is 1. The summed E-state index contributed by atoms with van der Waals surface area (Å²) in [6, 6.07) is 10.6. The molecule has 3 rings (SSSR count). The fraction of sp³-hybridized carbons (Fsp3) is 0.429. The van der Waals surface area contributed by atoms with E-state index in [2.05, 4.69) is 27.5 Å². The molecule has 0 bridgehead atoms. The van der Waals surface area contributed by atoms with Gasteiger partial charge in [-0.25, -0.2) is 4.68 Å². The van der Waals surface area contributed by atoms with Crippen molar-refractivity contribution in [2.75, 3.05) is 19.6 Å². The number of hydrogen-bond donors (Lipinski definition) is 1. The molecule has 5 heteroatoms. The molecule has 1 N–H and O–H groups in total. The highest BCUT2D eigenvalue weighted by atomic mass is 15.4. The minimum atomic E-state index is 0.554. The molecule has 5 nitrogen and oxygen atoms in total. The molecule has 0 aliphatic carbocycles. The molecule has 1 aromatic carbocycles. The van der Waals surface area contributed by atoms with Crippen LogP contribution in [0.25, 0.3) is 5.69 Å². The van der Waals surface area contributed by atoms with E-state index in [-0.39, 0.29) is 0 Å². The molecule has 1 aromatic heterocycles.